The Balaban J connectivity index is 1.77. The lowest BCUT2D eigenvalue weighted by Gasteiger charge is -2.15. The lowest BCUT2D eigenvalue weighted by Crippen LogP contribution is -2.44. The van der Waals surface area contributed by atoms with Crippen LogP contribution in [0.4, 0.5) is 0 Å². The number of thioether (sulfide) groups is 1. The molecule has 0 aliphatic carbocycles. The molecule has 4 nitrogen and oxygen atoms in total. The molecule has 1 fully saturated rings. The minimum Gasteiger partial charge on any atom is -0.267 e. The summed E-state index contributed by atoms with van der Waals surface area (Å²) < 4.78 is 1.27. The summed E-state index contributed by atoms with van der Waals surface area (Å²) >= 11 is 11.2. The minimum absolute atomic E-state index is 0.307. The van der Waals surface area contributed by atoms with E-state index < -0.39 is 0 Å². The van der Waals surface area contributed by atoms with E-state index in [0.29, 0.717) is 14.8 Å². The van der Waals surface area contributed by atoms with E-state index in [2.05, 4.69) is 21.4 Å². The second kappa shape index (κ2) is 6.96. The van der Waals surface area contributed by atoms with Gasteiger partial charge in [-0.2, -0.15) is 5.01 Å². The average Bonchev–Trinajstić information content (AvgIpc) is 3.07. The Kier molecular flexibility index (Phi) is 4.96. The van der Waals surface area contributed by atoms with Gasteiger partial charge < -0.3 is 0 Å². The zero-order chi connectivity index (χ0) is 16.4. The fourth-order valence-corrected chi connectivity index (χ4v) is 4.47. The van der Waals surface area contributed by atoms with Gasteiger partial charge in [-0.1, -0.05) is 30.0 Å². The van der Waals surface area contributed by atoms with Crippen molar-refractivity contribution >= 4 is 73.5 Å². The number of amides is 2. The molecule has 0 atom stereocenters. The third-order valence-corrected chi connectivity index (χ3v) is 5.85. The molecule has 0 radical (unpaired) electrons. The number of hydrogen-bond acceptors (Lipinski definition) is 5. The highest BCUT2D eigenvalue weighted by Crippen LogP contribution is 2.33. The van der Waals surface area contributed by atoms with Crippen molar-refractivity contribution in [2.24, 2.45) is 0 Å². The summed E-state index contributed by atoms with van der Waals surface area (Å²) in [5.74, 6) is -0.698. The first-order valence-electron chi connectivity index (χ1n) is 6.42. The van der Waals surface area contributed by atoms with Crippen LogP contribution in [0.15, 0.2) is 51.2 Å². The Morgan fingerprint density at radius 3 is 2.70 bits per heavy atom. The quantitative estimate of drug-likeness (QED) is 0.596. The third kappa shape index (κ3) is 3.72. The summed E-state index contributed by atoms with van der Waals surface area (Å²) in [4.78, 5) is 26.0. The van der Waals surface area contributed by atoms with Crippen molar-refractivity contribution in [1.82, 2.24) is 10.4 Å². The van der Waals surface area contributed by atoms with Crippen molar-refractivity contribution in [3.05, 3.63) is 61.6 Å². The fraction of sp³-hybridized carbons (Fsp3) is 0. The summed E-state index contributed by atoms with van der Waals surface area (Å²) in [6.07, 6.45) is 1.77. The maximum atomic E-state index is 12.4. The van der Waals surface area contributed by atoms with E-state index in [1.54, 1.807) is 30.3 Å². The number of nitrogens with one attached hydrogen (secondary N) is 1. The van der Waals surface area contributed by atoms with Gasteiger partial charge in [0.2, 0.25) is 0 Å². The number of nitrogens with zero attached hydrogens (tertiary/aromatic N) is 1. The summed E-state index contributed by atoms with van der Waals surface area (Å²) in [7, 11) is 0. The molecule has 1 aliphatic rings. The Hall–Kier alpha value is -1.48. The average molecular weight is 425 g/mol. The van der Waals surface area contributed by atoms with Crippen LogP contribution in [0.25, 0.3) is 6.08 Å². The van der Waals surface area contributed by atoms with Gasteiger partial charge in [-0.3, -0.25) is 15.0 Å². The fourth-order valence-electron chi connectivity index (χ4n) is 1.85. The topological polar surface area (TPSA) is 49.4 Å². The number of hydrazine groups is 1. The van der Waals surface area contributed by atoms with Gasteiger partial charge in [0.05, 0.1) is 4.91 Å². The van der Waals surface area contributed by atoms with Gasteiger partial charge in [-0.25, -0.2) is 0 Å². The van der Waals surface area contributed by atoms with Gasteiger partial charge in [0.15, 0.2) is 4.32 Å². The first-order chi connectivity index (χ1) is 11.0. The molecule has 0 bridgehead atoms. The molecule has 0 saturated carbocycles. The normalized spacial score (nSPS) is 16.2. The SMILES string of the molecule is O=C(NN1C(=O)/C(=C/c2cc(Br)cs2)SC1=S)c1ccccc1. The number of thiocarbonyl (C=S) groups is 1. The van der Waals surface area contributed by atoms with Crippen LogP contribution in [-0.2, 0) is 4.79 Å². The van der Waals surface area contributed by atoms with Crippen molar-refractivity contribution in [3.63, 3.8) is 0 Å². The summed E-state index contributed by atoms with van der Waals surface area (Å²) in [5.41, 5.74) is 3.02. The van der Waals surface area contributed by atoms with Crippen LogP contribution in [0.5, 0.6) is 0 Å². The zero-order valence-corrected chi connectivity index (χ0v) is 15.5. The van der Waals surface area contributed by atoms with Crippen molar-refractivity contribution in [2.75, 3.05) is 0 Å². The second-order valence-corrected chi connectivity index (χ2v) is 8.03. The number of carbonyl (C=O) groups excluding carboxylic acids is 2. The summed E-state index contributed by atoms with van der Waals surface area (Å²) in [6.45, 7) is 0. The first kappa shape index (κ1) is 16.4. The molecule has 116 valence electrons. The van der Waals surface area contributed by atoms with Crippen LogP contribution in [0, 0.1) is 0 Å². The number of rotatable bonds is 3. The Morgan fingerprint density at radius 1 is 1.30 bits per heavy atom. The molecule has 2 heterocycles. The first-order valence-corrected chi connectivity index (χ1v) is 9.32. The monoisotopic (exact) mass is 424 g/mol. The summed E-state index contributed by atoms with van der Waals surface area (Å²) in [5, 5.41) is 3.05. The largest absolute Gasteiger partial charge is 0.285 e. The number of hydrogen-bond donors (Lipinski definition) is 1. The molecule has 1 aliphatic heterocycles. The molecule has 1 N–H and O–H groups in total. The molecule has 1 saturated heterocycles. The number of benzene rings is 1. The standard InChI is InChI=1S/C15H9BrN2O2S3/c16-10-6-11(22-8-10)7-12-14(20)18(15(21)23-12)17-13(19)9-4-2-1-3-5-9/h1-8H,(H,17,19)/b12-7-. The molecule has 3 rings (SSSR count). The summed E-state index contributed by atoms with van der Waals surface area (Å²) in [6, 6.07) is 10.6. The van der Waals surface area contributed by atoms with Crippen molar-refractivity contribution in [1.29, 1.82) is 0 Å². The molecule has 1 aromatic carbocycles. The number of carbonyl (C=O) groups is 2. The number of halogens is 1. The highest BCUT2D eigenvalue weighted by atomic mass is 79.9. The maximum absolute atomic E-state index is 12.4. The van der Waals surface area contributed by atoms with E-state index in [1.807, 2.05) is 17.5 Å². The van der Waals surface area contributed by atoms with E-state index >= 15 is 0 Å². The molecule has 0 spiro atoms. The lowest BCUT2D eigenvalue weighted by molar-refractivity contribution is -0.123. The van der Waals surface area contributed by atoms with Gasteiger partial charge in [-0.05, 0) is 52.4 Å². The third-order valence-electron chi connectivity index (χ3n) is 2.90. The Bertz CT molecular complexity index is 817. The Morgan fingerprint density at radius 2 is 2.04 bits per heavy atom. The lowest BCUT2D eigenvalue weighted by atomic mass is 10.2. The van der Waals surface area contributed by atoms with E-state index in [1.165, 1.54) is 23.1 Å². The van der Waals surface area contributed by atoms with E-state index in [4.69, 9.17) is 12.2 Å². The van der Waals surface area contributed by atoms with E-state index in [-0.39, 0.29) is 11.8 Å². The van der Waals surface area contributed by atoms with Crippen LogP contribution >= 0.6 is 51.2 Å². The van der Waals surface area contributed by atoms with Crippen molar-refractivity contribution in [3.8, 4) is 0 Å². The predicted octanol–water partition coefficient (Wildman–Crippen LogP) is 4.06. The van der Waals surface area contributed by atoms with Crippen LogP contribution in [-0.4, -0.2) is 21.1 Å². The molecule has 2 amide bonds. The maximum Gasteiger partial charge on any atom is 0.285 e. The highest BCUT2D eigenvalue weighted by Gasteiger charge is 2.33. The molecule has 1 aromatic heterocycles. The van der Waals surface area contributed by atoms with E-state index in [0.717, 1.165) is 14.4 Å². The van der Waals surface area contributed by atoms with E-state index in [9.17, 15) is 9.59 Å². The predicted molar refractivity (Wildman–Crippen MR) is 101 cm³/mol. The minimum atomic E-state index is -0.373. The van der Waals surface area contributed by atoms with Crippen LogP contribution in [0.1, 0.15) is 15.2 Å². The van der Waals surface area contributed by atoms with Crippen molar-refractivity contribution in [2.45, 2.75) is 0 Å². The smallest absolute Gasteiger partial charge is 0.267 e. The molecule has 23 heavy (non-hydrogen) atoms. The zero-order valence-electron chi connectivity index (χ0n) is 11.5. The van der Waals surface area contributed by atoms with Crippen LogP contribution < -0.4 is 5.43 Å². The molecular weight excluding hydrogens is 416 g/mol. The Labute approximate surface area is 154 Å². The van der Waals surface area contributed by atoms with Gasteiger partial charge >= 0.3 is 0 Å². The van der Waals surface area contributed by atoms with Gasteiger partial charge in [0, 0.05) is 20.3 Å². The van der Waals surface area contributed by atoms with Gasteiger partial charge in [0.1, 0.15) is 0 Å². The molecular formula is C15H9BrN2O2S3. The van der Waals surface area contributed by atoms with Gasteiger partial charge in [0.25, 0.3) is 11.8 Å². The highest BCUT2D eigenvalue weighted by molar-refractivity contribution is 9.10. The van der Waals surface area contributed by atoms with Crippen LogP contribution in [0.3, 0.4) is 0 Å². The number of thiophene rings is 1. The van der Waals surface area contributed by atoms with Crippen molar-refractivity contribution < 1.29 is 9.59 Å². The van der Waals surface area contributed by atoms with Gasteiger partial charge in [-0.15, -0.1) is 11.3 Å². The molecule has 0 unspecified atom stereocenters. The second-order valence-electron chi connectivity index (χ2n) is 4.49. The molecule has 8 heteroatoms. The van der Waals surface area contributed by atoms with Crippen LogP contribution in [0.2, 0.25) is 0 Å². The molecule has 2 aromatic rings.